The van der Waals surface area contributed by atoms with Crippen LogP contribution in [0.5, 0.6) is 0 Å². The number of esters is 1. The molecule has 0 aliphatic heterocycles. The highest BCUT2D eigenvalue weighted by Gasteiger charge is 2.39. The van der Waals surface area contributed by atoms with Gasteiger partial charge in [-0.3, -0.25) is 14.3 Å². The first-order chi connectivity index (χ1) is 14.2. The highest BCUT2D eigenvalue weighted by molar-refractivity contribution is 5.95. The predicted molar refractivity (Wildman–Crippen MR) is 104 cm³/mol. The van der Waals surface area contributed by atoms with E-state index in [-0.39, 0.29) is 13.0 Å². The maximum Gasteiger partial charge on any atom is 0.435 e. The van der Waals surface area contributed by atoms with Crippen molar-refractivity contribution < 1.29 is 27.5 Å². The second-order valence-electron chi connectivity index (χ2n) is 6.88. The molecule has 0 fully saturated rings. The third-order valence-electron chi connectivity index (χ3n) is 4.68. The molecule has 30 heavy (non-hydrogen) atoms. The predicted octanol–water partition coefficient (Wildman–Crippen LogP) is 3.35. The molecule has 1 aromatic heterocycles. The van der Waals surface area contributed by atoms with Crippen molar-refractivity contribution >= 4 is 22.6 Å². The van der Waals surface area contributed by atoms with E-state index in [4.69, 9.17) is 4.74 Å². The van der Waals surface area contributed by atoms with Gasteiger partial charge in [0.1, 0.15) is 0 Å². The summed E-state index contributed by atoms with van der Waals surface area (Å²) in [6, 6.07) is 13.4. The Morgan fingerprint density at radius 1 is 1.17 bits per heavy atom. The lowest BCUT2D eigenvalue weighted by molar-refractivity contribution is -0.145. The monoisotopic (exact) mass is 419 g/mol. The van der Waals surface area contributed by atoms with Crippen molar-refractivity contribution in [1.82, 2.24) is 15.1 Å². The normalized spacial score (nSPS) is 12.6. The average molecular weight is 419 g/mol. The van der Waals surface area contributed by atoms with E-state index in [0.717, 1.165) is 27.2 Å². The third kappa shape index (κ3) is 4.79. The number of nitrogens with zero attached hydrogens (tertiary/aromatic N) is 2. The molecule has 0 saturated heterocycles. The number of ether oxygens (including phenoxy) is 1. The van der Waals surface area contributed by atoms with E-state index in [1.807, 2.05) is 42.5 Å². The molecule has 1 N–H and O–H groups in total. The molecule has 9 heteroatoms. The molecular formula is C21H20F3N3O3. The summed E-state index contributed by atoms with van der Waals surface area (Å²) in [7, 11) is 2.52. The minimum atomic E-state index is -4.76. The van der Waals surface area contributed by atoms with Crippen LogP contribution in [-0.4, -0.2) is 35.3 Å². The molecule has 0 saturated carbocycles. The van der Waals surface area contributed by atoms with Gasteiger partial charge in [-0.15, -0.1) is 0 Å². The molecule has 0 aliphatic carbocycles. The van der Waals surface area contributed by atoms with Crippen LogP contribution >= 0.6 is 0 Å². The second kappa shape index (κ2) is 8.56. The summed E-state index contributed by atoms with van der Waals surface area (Å²) in [6.07, 6.45) is -3.51. The molecule has 6 nitrogen and oxygen atoms in total. The van der Waals surface area contributed by atoms with Gasteiger partial charge >= 0.3 is 12.1 Å². The van der Waals surface area contributed by atoms with E-state index >= 15 is 0 Å². The number of halogens is 3. The Bertz CT molecular complexity index is 1080. The number of benzene rings is 2. The van der Waals surface area contributed by atoms with Gasteiger partial charge in [0, 0.05) is 19.8 Å². The molecule has 0 radical (unpaired) electrons. The average Bonchev–Trinajstić information content (AvgIpc) is 3.12. The number of hydrogen-bond acceptors (Lipinski definition) is 4. The van der Waals surface area contributed by atoms with Crippen molar-refractivity contribution in [3.63, 3.8) is 0 Å². The number of fused-ring (bicyclic) bond motifs is 1. The molecule has 1 heterocycles. The summed E-state index contributed by atoms with van der Waals surface area (Å²) in [6.45, 7) is -0.176. The molecule has 3 aromatic rings. The van der Waals surface area contributed by atoms with E-state index in [1.54, 1.807) is 0 Å². The first kappa shape index (κ1) is 21.4. The van der Waals surface area contributed by atoms with Gasteiger partial charge in [0.05, 0.1) is 18.6 Å². The largest absolute Gasteiger partial charge is 0.469 e. The molecule has 0 spiro atoms. The number of nitrogens with one attached hydrogen (secondary N) is 1. The SMILES string of the molecule is COC(=O)C(CNC(=O)c1cn(C)nc1C(F)(F)F)Cc1ccc2ccccc2c1. The summed E-state index contributed by atoms with van der Waals surface area (Å²) in [5.74, 6) is -2.28. The lowest BCUT2D eigenvalue weighted by atomic mass is 9.97. The molecule has 0 aliphatic rings. The zero-order valence-corrected chi connectivity index (χ0v) is 16.4. The quantitative estimate of drug-likeness (QED) is 0.622. The van der Waals surface area contributed by atoms with E-state index in [9.17, 15) is 22.8 Å². The Morgan fingerprint density at radius 2 is 1.87 bits per heavy atom. The first-order valence-electron chi connectivity index (χ1n) is 9.13. The zero-order chi connectivity index (χ0) is 21.9. The minimum absolute atomic E-state index is 0.176. The van der Waals surface area contributed by atoms with Gasteiger partial charge in [-0.2, -0.15) is 18.3 Å². The number of rotatable bonds is 6. The van der Waals surface area contributed by atoms with Gasteiger partial charge in [-0.25, -0.2) is 0 Å². The summed E-state index contributed by atoms with van der Waals surface area (Å²) < 4.78 is 45.0. The summed E-state index contributed by atoms with van der Waals surface area (Å²) in [5, 5.41) is 7.76. The van der Waals surface area contributed by atoms with Crippen LogP contribution in [0.25, 0.3) is 10.8 Å². The van der Waals surface area contributed by atoms with Crippen LogP contribution < -0.4 is 5.32 Å². The van der Waals surface area contributed by atoms with Crippen LogP contribution in [-0.2, 0) is 29.2 Å². The van der Waals surface area contributed by atoms with Crippen molar-refractivity contribution in [3.05, 3.63) is 65.5 Å². The summed E-state index contributed by atoms with van der Waals surface area (Å²) >= 11 is 0. The molecule has 1 amide bonds. The molecule has 3 rings (SSSR count). The van der Waals surface area contributed by atoms with Gasteiger partial charge in [0.15, 0.2) is 5.69 Å². The molecule has 2 aromatic carbocycles. The van der Waals surface area contributed by atoms with E-state index in [2.05, 4.69) is 10.4 Å². The Labute approximate surface area is 170 Å². The second-order valence-corrected chi connectivity index (χ2v) is 6.88. The van der Waals surface area contributed by atoms with Gasteiger partial charge < -0.3 is 10.1 Å². The highest BCUT2D eigenvalue weighted by atomic mass is 19.4. The van der Waals surface area contributed by atoms with Crippen molar-refractivity contribution in [2.75, 3.05) is 13.7 Å². The number of hydrogen-bond donors (Lipinski definition) is 1. The fourth-order valence-corrected chi connectivity index (χ4v) is 3.23. The molecule has 1 atom stereocenters. The highest BCUT2D eigenvalue weighted by Crippen LogP contribution is 2.30. The Kier molecular flexibility index (Phi) is 6.09. The smallest absolute Gasteiger partial charge is 0.435 e. The number of carbonyl (C=O) groups excluding carboxylic acids is 2. The summed E-state index contributed by atoms with van der Waals surface area (Å²) in [4.78, 5) is 24.5. The molecule has 0 bridgehead atoms. The Hall–Kier alpha value is -3.36. The van der Waals surface area contributed by atoms with Crippen molar-refractivity contribution in [3.8, 4) is 0 Å². The number of alkyl halides is 3. The van der Waals surface area contributed by atoms with Gasteiger partial charge in [-0.1, -0.05) is 42.5 Å². The lowest BCUT2D eigenvalue weighted by Crippen LogP contribution is -2.35. The number of amides is 1. The lowest BCUT2D eigenvalue weighted by Gasteiger charge is -2.16. The van der Waals surface area contributed by atoms with E-state index < -0.39 is 35.2 Å². The van der Waals surface area contributed by atoms with Gasteiger partial charge in [0.25, 0.3) is 5.91 Å². The maximum atomic E-state index is 13.1. The molecule has 1 unspecified atom stereocenters. The van der Waals surface area contributed by atoms with Crippen LogP contribution in [0.1, 0.15) is 21.6 Å². The van der Waals surface area contributed by atoms with Crippen LogP contribution in [0, 0.1) is 5.92 Å². The van der Waals surface area contributed by atoms with Gasteiger partial charge in [-0.05, 0) is 22.8 Å². The van der Waals surface area contributed by atoms with Crippen molar-refractivity contribution in [2.24, 2.45) is 13.0 Å². The van der Waals surface area contributed by atoms with Crippen LogP contribution in [0.15, 0.2) is 48.7 Å². The zero-order valence-electron chi connectivity index (χ0n) is 16.4. The fraction of sp³-hybridized carbons (Fsp3) is 0.286. The minimum Gasteiger partial charge on any atom is -0.469 e. The van der Waals surface area contributed by atoms with Crippen LogP contribution in [0.3, 0.4) is 0 Å². The van der Waals surface area contributed by atoms with E-state index in [1.165, 1.54) is 14.2 Å². The Balaban J connectivity index is 1.75. The third-order valence-corrected chi connectivity index (χ3v) is 4.68. The summed E-state index contributed by atoms with van der Waals surface area (Å²) in [5.41, 5.74) is -1.03. The standard InChI is InChI=1S/C21H20F3N3O3/c1-27-12-17(18(26-27)21(22,23)24)19(28)25-11-16(20(29)30-2)10-13-7-8-14-5-3-4-6-15(14)9-13/h3-9,12,16H,10-11H2,1-2H3,(H,25,28). The van der Waals surface area contributed by atoms with Crippen LogP contribution in [0.4, 0.5) is 13.2 Å². The van der Waals surface area contributed by atoms with E-state index in [0.29, 0.717) is 0 Å². The first-order valence-corrected chi connectivity index (χ1v) is 9.13. The molecular weight excluding hydrogens is 399 g/mol. The van der Waals surface area contributed by atoms with Crippen molar-refractivity contribution in [2.45, 2.75) is 12.6 Å². The number of aryl methyl sites for hydroxylation is 1. The number of carbonyl (C=O) groups is 2. The van der Waals surface area contributed by atoms with Crippen molar-refractivity contribution in [1.29, 1.82) is 0 Å². The topological polar surface area (TPSA) is 73.2 Å². The van der Waals surface area contributed by atoms with Crippen LogP contribution in [0.2, 0.25) is 0 Å². The maximum absolute atomic E-state index is 13.1. The fourth-order valence-electron chi connectivity index (χ4n) is 3.23. The Morgan fingerprint density at radius 3 is 2.53 bits per heavy atom. The number of methoxy groups -OCH3 is 1. The van der Waals surface area contributed by atoms with Gasteiger partial charge in [0.2, 0.25) is 0 Å². The number of aromatic nitrogens is 2. The molecule has 158 valence electrons.